The molecule has 0 radical (unpaired) electrons. The fraction of sp³-hybridized carbons (Fsp3) is 0.0526. The number of carbonyl (C=O) groups is 2. The predicted molar refractivity (Wildman–Crippen MR) is 107 cm³/mol. The van der Waals surface area contributed by atoms with Crippen LogP contribution < -0.4 is 15.8 Å². The fourth-order valence-corrected chi connectivity index (χ4v) is 3.98. The van der Waals surface area contributed by atoms with Gasteiger partial charge in [-0.3, -0.25) is 9.59 Å². The van der Waals surface area contributed by atoms with Crippen molar-refractivity contribution in [3.8, 4) is 0 Å². The van der Waals surface area contributed by atoms with Gasteiger partial charge in [0.25, 0.3) is 5.91 Å². The van der Waals surface area contributed by atoms with E-state index in [1.54, 1.807) is 24.3 Å². The van der Waals surface area contributed by atoms with Gasteiger partial charge in [0.05, 0.1) is 17.8 Å². The van der Waals surface area contributed by atoms with Gasteiger partial charge in [-0.05, 0) is 48.5 Å². The van der Waals surface area contributed by atoms with Gasteiger partial charge < -0.3 is 15.5 Å². The number of sulfonamides is 1. The maximum absolute atomic E-state index is 12.6. The summed E-state index contributed by atoms with van der Waals surface area (Å²) in [7, 11) is -4.00. The normalized spacial score (nSPS) is 11.2. The van der Waals surface area contributed by atoms with Crippen LogP contribution >= 0.6 is 11.6 Å². The second-order valence-corrected chi connectivity index (χ2v) is 8.09. The lowest BCUT2D eigenvalue weighted by molar-refractivity contribution is 0.0996. The number of nitrogens with two attached hydrogens (primary N) is 1. The molecule has 0 saturated carbocycles. The van der Waals surface area contributed by atoms with Crippen LogP contribution in [-0.4, -0.2) is 20.2 Å². The zero-order valence-electron chi connectivity index (χ0n) is 14.9. The van der Waals surface area contributed by atoms with Crippen LogP contribution in [0.1, 0.15) is 26.5 Å². The number of furan rings is 1. The van der Waals surface area contributed by atoms with Crippen LogP contribution in [0.25, 0.3) is 0 Å². The molecule has 10 heteroatoms. The molecule has 0 spiro atoms. The Labute approximate surface area is 171 Å². The SMILES string of the molecule is NC(=O)c1cccc(NC(=O)c2ccc(Cl)c(S(=O)(=O)NCc3ccco3)c2)c1. The number of halogens is 1. The molecule has 0 aliphatic heterocycles. The van der Waals surface area contributed by atoms with Crippen molar-refractivity contribution in [1.82, 2.24) is 4.72 Å². The van der Waals surface area contributed by atoms with Gasteiger partial charge in [0.2, 0.25) is 15.9 Å². The van der Waals surface area contributed by atoms with Gasteiger partial charge in [-0.2, -0.15) is 0 Å². The van der Waals surface area contributed by atoms with Crippen molar-refractivity contribution in [3.05, 3.63) is 82.8 Å². The zero-order valence-corrected chi connectivity index (χ0v) is 16.5. The number of nitrogens with one attached hydrogen (secondary N) is 2. The summed E-state index contributed by atoms with van der Waals surface area (Å²) in [6.45, 7) is -0.0675. The first-order chi connectivity index (χ1) is 13.8. The van der Waals surface area contributed by atoms with E-state index in [1.807, 2.05) is 0 Å². The molecular weight excluding hydrogens is 418 g/mol. The molecule has 1 heterocycles. The molecule has 8 nitrogen and oxygen atoms in total. The Morgan fingerprint density at radius 2 is 1.83 bits per heavy atom. The van der Waals surface area contributed by atoms with Crippen molar-refractivity contribution in [2.75, 3.05) is 5.32 Å². The summed E-state index contributed by atoms with van der Waals surface area (Å²) in [5, 5.41) is 2.55. The second kappa shape index (κ2) is 8.48. The summed E-state index contributed by atoms with van der Waals surface area (Å²) in [6, 6.07) is 13.2. The molecule has 2 amide bonds. The summed E-state index contributed by atoms with van der Waals surface area (Å²) < 4.78 is 32.6. The van der Waals surface area contributed by atoms with Crippen molar-refractivity contribution >= 4 is 39.1 Å². The lowest BCUT2D eigenvalue weighted by Crippen LogP contribution is -2.24. The van der Waals surface area contributed by atoms with Crippen LogP contribution in [0, 0.1) is 0 Å². The van der Waals surface area contributed by atoms with Crippen molar-refractivity contribution < 1.29 is 22.4 Å². The number of hydrogen-bond donors (Lipinski definition) is 3. The Kier molecular flexibility index (Phi) is 6.02. The molecule has 29 heavy (non-hydrogen) atoms. The van der Waals surface area contributed by atoms with Crippen molar-refractivity contribution in [1.29, 1.82) is 0 Å². The third-order valence-electron chi connectivity index (χ3n) is 3.90. The van der Waals surface area contributed by atoms with E-state index in [2.05, 4.69) is 10.0 Å². The summed E-state index contributed by atoms with van der Waals surface area (Å²) in [6.07, 6.45) is 1.43. The summed E-state index contributed by atoms with van der Waals surface area (Å²) in [5.74, 6) is -0.790. The number of rotatable bonds is 7. The van der Waals surface area contributed by atoms with E-state index in [1.165, 1.54) is 36.6 Å². The minimum Gasteiger partial charge on any atom is -0.468 e. The lowest BCUT2D eigenvalue weighted by atomic mass is 10.1. The van der Waals surface area contributed by atoms with Crippen LogP contribution in [0.4, 0.5) is 5.69 Å². The molecule has 0 saturated heterocycles. The largest absolute Gasteiger partial charge is 0.468 e. The number of primary amides is 1. The number of hydrogen-bond acceptors (Lipinski definition) is 5. The van der Waals surface area contributed by atoms with Crippen LogP contribution in [0.5, 0.6) is 0 Å². The van der Waals surface area contributed by atoms with Gasteiger partial charge in [-0.25, -0.2) is 13.1 Å². The molecule has 0 unspecified atom stereocenters. The number of anilines is 1. The summed E-state index contributed by atoms with van der Waals surface area (Å²) >= 11 is 6.04. The molecule has 4 N–H and O–H groups in total. The molecule has 0 fully saturated rings. The molecule has 3 aromatic rings. The van der Waals surface area contributed by atoms with E-state index in [0.717, 1.165) is 0 Å². The number of benzene rings is 2. The highest BCUT2D eigenvalue weighted by molar-refractivity contribution is 7.89. The summed E-state index contributed by atoms with van der Waals surface area (Å²) in [5.41, 5.74) is 5.85. The number of carbonyl (C=O) groups excluding carboxylic acids is 2. The van der Waals surface area contributed by atoms with Gasteiger partial charge >= 0.3 is 0 Å². The quantitative estimate of drug-likeness (QED) is 0.527. The van der Waals surface area contributed by atoms with Crippen LogP contribution in [0.3, 0.4) is 0 Å². The highest BCUT2D eigenvalue weighted by Crippen LogP contribution is 2.23. The van der Waals surface area contributed by atoms with E-state index in [0.29, 0.717) is 11.4 Å². The smallest absolute Gasteiger partial charge is 0.255 e. The van der Waals surface area contributed by atoms with Gasteiger partial charge in [0, 0.05) is 16.8 Å². The van der Waals surface area contributed by atoms with Crippen molar-refractivity contribution in [3.63, 3.8) is 0 Å². The van der Waals surface area contributed by atoms with Crippen molar-refractivity contribution in [2.45, 2.75) is 11.4 Å². The van der Waals surface area contributed by atoms with E-state index in [-0.39, 0.29) is 27.6 Å². The van der Waals surface area contributed by atoms with Gasteiger partial charge in [0.15, 0.2) is 0 Å². The fourth-order valence-electron chi connectivity index (χ4n) is 2.46. The van der Waals surface area contributed by atoms with Crippen molar-refractivity contribution in [2.24, 2.45) is 5.73 Å². The molecule has 0 aliphatic rings. The summed E-state index contributed by atoms with van der Waals surface area (Å²) in [4.78, 5) is 23.5. The van der Waals surface area contributed by atoms with Gasteiger partial charge in [0.1, 0.15) is 10.7 Å². The Bertz CT molecular complexity index is 1160. The number of amides is 2. The monoisotopic (exact) mass is 433 g/mol. The van der Waals surface area contributed by atoms with E-state index in [9.17, 15) is 18.0 Å². The average Bonchev–Trinajstić information content (AvgIpc) is 3.20. The van der Waals surface area contributed by atoms with E-state index < -0.39 is 21.8 Å². The first-order valence-electron chi connectivity index (χ1n) is 8.29. The first kappa shape index (κ1) is 20.6. The molecule has 150 valence electrons. The van der Waals surface area contributed by atoms with Crippen LogP contribution in [-0.2, 0) is 16.6 Å². The average molecular weight is 434 g/mol. The van der Waals surface area contributed by atoms with Crippen LogP contribution in [0.2, 0.25) is 5.02 Å². The van der Waals surface area contributed by atoms with Crippen LogP contribution in [0.15, 0.2) is 70.2 Å². The molecule has 0 bridgehead atoms. The minimum atomic E-state index is -4.00. The highest BCUT2D eigenvalue weighted by atomic mass is 35.5. The Morgan fingerprint density at radius 1 is 1.03 bits per heavy atom. The maximum atomic E-state index is 12.6. The zero-order chi connectivity index (χ0) is 21.0. The Balaban J connectivity index is 1.81. The minimum absolute atomic E-state index is 0.0378. The highest BCUT2D eigenvalue weighted by Gasteiger charge is 2.20. The predicted octanol–water partition coefficient (Wildman–Crippen LogP) is 2.76. The Morgan fingerprint density at radius 3 is 2.52 bits per heavy atom. The first-order valence-corrected chi connectivity index (χ1v) is 10.2. The van der Waals surface area contributed by atoms with E-state index >= 15 is 0 Å². The Hall–Kier alpha value is -3.14. The third kappa shape index (κ3) is 5.02. The molecule has 2 aromatic carbocycles. The van der Waals surface area contributed by atoms with E-state index in [4.69, 9.17) is 21.8 Å². The third-order valence-corrected chi connectivity index (χ3v) is 5.79. The molecule has 3 rings (SSSR count). The van der Waals surface area contributed by atoms with Gasteiger partial charge in [-0.15, -0.1) is 0 Å². The second-order valence-electron chi connectivity index (χ2n) is 5.95. The molecule has 1 aromatic heterocycles. The standard InChI is InChI=1S/C19H16ClN3O5S/c20-16-7-6-13(19(25)23-14-4-1-3-12(9-14)18(21)24)10-17(16)29(26,27)22-11-15-5-2-8-28-15/h1-10,22H,11H2,(H2,21,24)(H,23,25). The molecule has 0 aliphatic carbocycles. The topological polar surface area (TPSA) is 132 Å². The molecular formula is C19H16ClN3O5S. The molecule has 0 atom stereocenters. The maximum Gasteiger partial charge on any atom is 0.255 e. The van der Waals surface area contributed by atoms with Gasteiger partial charge in [-0.1, -0.05) is 17.7 Å². The lowest BCUT2D eigenvalue weighted by Gasteiger charge is -2.10.